The van der Waals surface area contributed by atoms with Crippen LogP contribution in [0.4, 0.5) is 0 Å². The number of fused-ring (bicyclic) bond motifs is 2. The molecule has 0 spiro atoms. The normalized spacial score (nSPS) is 11.3. The molecule has 0 amide bonds. The van der Waals surface area contributed by atoms with E-state index in [9.17, 15) is 0 Å². The molecule has 0 fully saturated rings. The van der Waals surface area contributed by atoms with Gasteiger partial charge in [-0.05, 0) is 6.07 Å². The Labute approximate surface area is 139 Å². The second-order valence-electron chi connectivity index (χ2n) is 4.62. The van der Waals surface area contributed by atoms with E-state index in [0.717, 1.165) is 25.9 Å². The average Bonchev–Trinajstić information content (AvgIpc) is 3.24. The topological polar surface area (TPSA) is 70.8 Å². The van der Waals surface area contributed by atoms with Crippen LogP contribution in [0.1, 0.15) is 0 Å². The monoisotopic (exact) mass is 348 g/mol. The number of thiazole rings is 2. The molecule has 4 rings (SSSR count). The van der Waals surface area contributed by atoms with E-state index in [4.69, 9.17) is 14.2 Å². The molecule has 0 unspecified atom stereocenters. The predicted octanol–water partition coefficient (Wildman–Crippen LogP) is 3.09. The summed E-state index contributed by atoms with van der Waals surface area (Å²) in [6.07, 6.45) is 1.80. The third kappa shape index (κ3) is 2.28. The maximum Gasteiger partial charge on any atom is 0.276 e. The Morgan fingerprint density at radius 3 is 2.48 bits per heavy atom. The van der Waals surface area contributed by atoms with Crippen molar-refractivity contribution in [2.75, 3.05) is 21.3 Å². The van der Waals surface area contributed by atoms with Gasteiger partial charge in [-0.1, -0.05) is 22.7 Å². The van der Waals surface area contributed by atoms with Crippen molar-refractivity contribution in [2.45, 2.75) is 0 Å². The van der Waals surface area contributed by atoms with E-state index in [1.54, 1.807) is 32.0 Å². The summed E-state index contributed by atoms with van der Waals surface area (Å²) in [6.45, 7) is 0. The summed E-state index contributed by atoms with van der Waals surface area (Å²) in [6, 6.07) is 3.77. The standard InChI is InChI=1S/C14H12N4O3S2/c1-19-7-4-10(20-2)9-5-8(17-18(9)6-7)11-15-12-13(22-11)16-14(21-3)23-12/h4-6H,1-3H3. The molecule has 0 bridgehead atoms. The molecule has 0 aliphatic heterocycles. The van der Waals surface area contributed by atoms with Crippen molar-refractivity contribution < 1.29 is 14.2 Å². The Morgan fingerprint density at radius 2 is 1.78 bits per heavy atom. The first-order valence-corrected chi connectivity index (χ1v) is 8.28. The highest BCUT2D eigenvalue weighted by Crippen LogP contribution is 2.36. The van der Waals surface area contributed by atoms with Crippen LogP contribution in [0.25, 0.3) is 25.9 Å². The van der Waals surface area contributed by atoms with Crippen molar-refractivity contribution >= 4 is 37.9 Å². The van der Waals surface area contributed by atoms with Crippen LogP contribution in [0.5, 0.6) is 16.7 Å². The Morgan fingerprint density at radius 1 is 0.957 bits per heavy atom. The van der Waals surface area contributed by atoms with Crippen molar-refractivity contribution in [1.82, 2.24) is 19.6 Å². The van der Waals surface area contributed by atoms with E-state index in [1.165, 1.54) is 22.7 Å². The van der Waals surface area contributed by atoms with Gasteiger partial charge in [0.05, 0.1) is 27.5 Å². The molecule has 23 heavy (non-hydrogen) atoms. The summed E-state index contributed by atoms with van der Waals surface area (Å²) < 4.78 is 17.5. The summed E-state index contributed by atoms with van der Waals surface area (Å²) in [5, 5.41) is 6.00. The largest absolute Gasteiger partial charge is 0.495 e. The van der Waals surface area contributed by atoms with Crippen molar-refractivity contribution in [3.63, 3.8) is 0 Å². The van der Waals surface area contributed by atoms with Gasteiger partial charge in [-0.3, -0.25) is 0 Å². The molecular weight excluding hydrogens is 336 g/mol. The molecule has 4 aromatic rings. The summed E-state index contributed by atoms with van der Waals surface area (Å²) in [5.74, 6) is 1.37. The van der Waals surface area contributed by atoms with Gasteiger partial charge in [-0.25, -0.2) is 9.50 Å². The molecule has 4 heterocycles. The van der Waals surface area contributed by atoms with E-state index >= 15 is 0 Å². The van der Waals surface area contributed by atoms with Crippen molar-refractivity contribution in [3.8, 4) is 27.4 Å². The second kappa shape index (κ2) is 5.36. The lowest BCUT2D eigenvalue weighted by molar-refractivity contribution is 0.392. The minimum Gasteiger partial charge on any atom is -0.495 e. The van der Waals surface area contributed by atoms with Gasteiger partial charge in [0.25, 0.3) is 5.19 Å². The average molecular weight is 348 g/mol. The van der Waals surface area contributed by atoms with Crippen LogP contribution < -0.4 is 14.2 Å². The SMILES string of the molecule is COc1cc(OC)c2cc(-c3nc4sc(OC)nc4s3)nn2c1. The summed E-state index contributed by atoms with van der Waals surface area (Å²) in [7, 11) is 4.83. The highest BCUT2D eigenvalue weighted by molar-refractivity contribution is 7.28. The zero-order chi connectivity index (χ0) is 16.0. The van der Waals surface area contributed by atoms with Crippen LogP contribution >= 0.6 is 22.7 Å². The summed E-state index contributed by atoms with van der Waals surface area (Å²) in [5.41, 5.74) is 1.62. The molecule has 7 nitrogen and oxygen atoms in total. The Bertz CT molecular complexity index is 973. The van der Waals surface area contributed by atoms with Crippen LogP contribution in [0, 0.1) is 0 Å². The molecule has 0 atom stereocenters. The first kappa shape index (κ1) is 14.2. The van der Waals surface area contributed by atoms with Gasteiger partial charge in [0.15, 0.2) is 9.66 Å². The zero-order valence-electron chi connectivity index (χ0n) is 12.6. The molecular formula is C14H12N4O3S2. The van der Waals surface area contributed by atoms with Gasteiger partial charge in [0.2, 0.25) is 0 Å². The molecule has 0 saturated heterocycles. The Hall–Kier alpha value is -2.39. The minimum atomic E-state index is 0.617. The predicted molar refractivity (Wildman–Crippen MR) is 89.1 cm³/mol. The molecule has 0 radical (unpaired) electrons. The van der Waals surface area contributed by atoms with E-state index in [2.05, 4.69) is 15.1 Å². The second-order valence-corrected chi connectivity index (χ2v) is 6.54. The Kier molecular flexibility index (Phi) is 3.31. The van der Waals surface area contributed by atoms with E-state index in [-0.39, 0.29) is 0 Å². The highest BCUT2D eigenvalue weighted by Gasteiger charge is 2.16. The minimum absolute atomic E-state index is 0.617. The van der Waals surface area contributed by atoms with Crippen molar-refractivity contribution in [3.05, 3.63) is 18.3 Å². The molecule has 0 aliphatic rings. The molecule has 0 aliphatic carbocycles. The van der Waals surface area contributed by atoms with Gasteiger partial charge in [0, 0.05) is 6.07 Å². The maximum atomic E-state index is 5.41. The number of ether oxygens (including phenoxy) is 3. The lowest BCUT2D eigenvalue weighted by atomic mass is 10.3. The van der Waals surface area contributed by atoms with Crippen LogP contribution in [-0.4, -0.2) is 40.9 Å². The van der Waals surface area contributed by atoms with E-state index in [0.29, 0.717) is 16.7 Å². The molecule has 0 aromatic carbocycles. The maximum absolute atomic E-state index is 5.41. The quantitative estimate of drug-likeness (QED) is 0.564. The third-order valence-corrected chi connectivity index (χ3v) is 5.33. The number of pyridine rings is 1. The lowest BCUT2D eigenvalue weighted by Gasteiger charge is -2.05. The number of aromatic nitrogens is 4. The van der Waals surface area contributed by atoms with Gasteiger partial charge in [-0.15, -0.1) is 0 Å². The molecule has 4 aromatic heterocycles. The first-order chi connectivity index (χ1) is 11.2. The van der Waals surface area contributed by atoms with Crippen LogP contribution in [0.15, 0.2) is 18.3 Å². The number of hydrogen-bond acceptors (Lipinski definition) is 8. The number of nitrogens with zero attached hydrogens (tertiary/aromatic N) is 4. The van der Waals surface area contributed by atoms with Gasteiger partial charge >= 0.3 is 0 Å². The van der Waals surface area contributed by atoms with Crippen LogP contribution in [-0.2, 0) is 0 Å². The fourth-order valence-corrected chi connectivity index (χ4v) is 4.04. The smallest absolute Gasteiger partial charge is 0.276 e. The summed E-state index contributed by atoms with van der Waals surface area (Å²) in [4.78, 5) is 10.7. The number of methoxy groups -OCH3 is 3. The lowest BCUT2D eigenvalue weighted by Crippen LogP contribution is -1.94. The van der Waals surface area contributed by atoms with Crippen molar-refractivity contribution in [2.24, 2.45) is 0 Å². The van der Waals surface area contributed by atoms with Gasteiger partial charge in [-0.2, -0.15) is 10.1 Å². The third-order valence-electron chi connectivity index (χ3n) is 3.32. The van der Waals surface area contributed by atoms with Gasteiger partial charge < -0.3 is 14.2 Å². The molecule has 0 saturated carbocycles. The number of hydrogen-bond donors (Lipinski definition) is 0. The van der Waals surface area contributed by atoms with Crippen LogP contribution in [0.2, 0.25) is 0 Å². The Balaban J connectivity index is 1.84. The van der Waals surface area contributed by atoms with Crippen molar-refractivity contribution in [1.29, 1.82) is 0 Å². The highest BCUT2D eigenvalue weighted by atomic mass is 32.1. The molecule has 0 N–H and O–H groups in total. The zero-order valence-corrected chi connectivity index (χ0v) is 14.2. The van der Waals surface area contributed by atoms with E-state index < -0.39 is 0 Å². The first-order valence-electron chi connectivity index (χ1n) is 6.65. The van der Waals surface area contributed by atoms with E-state index in [1.807, 2.05) is 12.1 Å². The van der Waals surface area contributed by atoms with Crippen LogP contribution in [0.3, 0.4) is 0 Å². The fraction of sp³-hybridized carbons (Fsp3) is 0.214. The fourth-order valence-electron chi connectivity index (χ4n) is 2.24. The van der Waals surface area contributed by atoms with Gasteiger partial charge in [0.1, 0.15) is 27.7 Å². The summed E-state index contributed by atoms with van der Waals surface area (Å²) >= 11 is 2.91. The molecule has 9 heteroatoms. The molecule has 118 valence electrons. The number of rotatable bonds is 4.